The highest BCUT2D eigenvalue weighted by molar-refractivity contribution is 5.71. The lowest BCUT2D eigenvalue weighted by Gasteiger charge is -2.28. The summed E-state index contributed by atoms with van der Waals surface area (Å²) in [7, 11) is 0. The fourth-order valence-corrected chi connectivity index (χ4v) is 4.80. The van der Waals surface area contributed by atoms with Crippen LogP contribution in [0.15, 0.2) is 66.7 Å². The highest BCUT2D eigenvalue weighted by Gasteiger charge is 2.21. The Morgan fingerprint density at radius 2 is 1.38 bits per heavy atom. The van der Waals surface area contributed by atoms with Crippen LogP contribution in [0.4, 0.5) is 4.39 Å². The maximum atomic E-state index is 14.9. The maximum Gasteiger partial charge on any atom is 0.131 e. The van der Waals surface area contributed by atoms with E-state index in [1.807, 2.05) is 24.3 Å². The third-order valence-corrected chi connectivity index (χ3v) is 6.59. The van der Waals surface area contributed by atoms with Gasteiger partial charge in [0, 0.05) is 5.56 Å². The quantitative estimate of drug-likeness (QED) is 0.412. The van der Waals surface area contributed by atoms with E-state index in [1.54, 1.807) is 6.07 Å². The zero-order valence-electron chi connectivity index (χ0n) is 17.6. The average molecular weight is 387 g/mol. The predicted octanol–water partition coefficient (Wildman–Crippen LogP) is 8.54. The van der Waals surface area contributed by atoms with Gasteiger partial charge in [0.15, 0.2) is 0 Å². The van der Waals surface area contributed by atoms with Gasteiger partial charge >= 0.3 is 0 Å². The van der Waals surface area contributed by atoms with Gasteiger partial charge in [-0.15, -0.1) is 0 Å². The molecule has 0 atom stereocenters. The van der Waals surface area contributed by atoms with Gasteiger partial charge in [-0.25, -0.2) is 4.39 Å². The average Bonchev–Trinajstić information content (AvgIpc) is 2.75. The van der Waals surface area contributed by atoms with Crippen LogP contribution < -0.4 is 0 Å². The Hall–Kier alpha value is -2.41. The fourth-order valence-electron chi connectivity index (χ4n) is 4.80. The molecule has 1 aliphatic carbocycles. The highest BCUT2D eigenvalue weighted by Crippen LogP contribution is 2.38. The second-order valence-electron chi connectivity index (χ2n) is 8.69. The van der Waals surface area contributed by atoms with Crippen LogP contribution in [0.2, 0.25) is 0 Å². The molecule has 4 rings (SSSR count). The summed E-state index contributed by atoms with van der Waals surface area (Å²) in [6.07, 6.45) is 7.99. The number of benzene rings is 3. The highest BCUT2D eigenvalue weighted by atomic mass is 19.1. The molecule has 1 saturated carbocycles. The molecule has 0 saturated heterocycles. The molecule has 1 aliphatic rings. The van der Waals surface area contributed by atoms with Crippen LogP contribution in [0.1, 0.15) is 62.5 Å². The Balaban J connectivity index is 1.48. The molecule has 3 aromatic carbocycles. The molecule has 29 heavy (non-hydrogen) atoms. The molecule has 0 bridgehead atoms. The number of aryl methyl sites for hydroxylation is 1. The molecule has 0 aliphatic heterocycles. The van der Waals surface area contributed by atoms with Crippen molar-refractivity contribution in [3.05, 3.63) is 83.7 Å². The summed E-state index contributed by atoms with van der Waals surface area (Å²) in [5.41, 5.74) is 6.24. The molecule has 0 nitrogen and oxygen atoms in total. The Morgan fingerprint density at radius 1 is 0.759 bits per heavy atom. The van der Waals surface area contributed by atoms with Gasteiger partial charge in [0.1, 0.15) is 5.82 Å². The molecule has 0 radical (unpaired) electrons. The van der Waals surface area contributed by atoms with Crippen molar-refractivity contribution in [1.29, 1.82) is 0 Å². The smallest absolute Gasteiger partial charge is 0.131 e. The Labute approximate surface area is 174 Å². The van der Waals surface area contributed by atoms with E-state index < -0.39 is 0 Å². The van der Waals surface area contributed by atoms with Gasteiger partial charge in [-0.05, 0) is 72.8 Å². The van der Waals surface area contributed by atoms with E-state index in [9.17, 15) is 4.39 Å². The first-order valence-corrected chi connectivity index (χ1v) is 11.1. The van der Waals surface area contributed by atoms with E-state index in [0.29, 0.717) is 11.5 Å². The van der Waals surface area contributed by atoms with Crippen molar-refractivity contribution in [3.63, 3.8) is 0 Å². The zero-order chi connectivity index (χ0) is 20.2. The molecule has 0 aromatic heterocycles. The predicted molar refractivity (Wildman–Crippen MR) is 122 cm³/mol. The molecule has 3 aromatic rings. The molecule has 1 heteroatoms. The van der Waals surface area contributed by atoms with Crippen LogP contribution >= 0.6 is 0 Å². The summed E-state index contributed by atoms with van der Waals surface area (Å²) < 4.78 is 14.9. The first-order chi connectivity index (χ1) is 14.1. The van der Waals surface area contributed by atoms with E-state index >= 15 is 0 Å². The first kappa shape index (κ1) is 19.9. The van der Waals surface area contributed by atoms with Crippen molar-refractivity contribution < 1.29 is 4.39 Å². The third-order valence-electron chi connectivity index (χ3n) is 6.59. The minimum atomic E-state index is -0.157. The molecule has 0 heterocycles. The largest absolute Gasteiger partial charge is 0.206 e. The summed E-state index contributed by atoms with van der Waals surface area (Å²) >= 11 is 0. The van der Waals surface area contributed by atoms with Crippen molar-refractivity contribution in [1.82, 2.24) is 0 Å². The molecule has 150 valence electrons. The number of hydrogen-bond acceptors (Lipinski definition) is 0. The fraction of sp³-hybridized carbons (Fsp3) is 0.357. The van der Waals surface area contributed by atoms with Crippen LogP contribution in [-0.4, -0.2) is 0 Å². The van der Waals surface area contributed by atoms with Crippen molar-refractivity contribution >= 4 is 0 Å². The van der Waals surface area contributed by atoms with Gasteiger partial charge in [0.25, 0.3) is 0 Å². The van der Waals surface area contributed by atoms with E-state index in [4.69, 9.17) is 0 Å². The molecule has 1 fully saturated rings. The lowest BCUT2D eigenvalue weighted by atomic mass is 9.77. The second-order valence-corrected chi connectivity index (χ2v) is 8.69. The molecule has 0 spiro atoms. The van der Waals surface area contributed by atoms with Crippen molar-refractivity contribution in [2.75, 3.05) is 0 Å². The van der Waals surface area contributed by atoms with Crippen LogP contribution in [0.5, 0.6) is 0 Å². The first-order valence-electron chi connectivity index (χ1n) is 11.1. The van der Waals surface area contributed by atoms with Gasteiger partial charge < -0.3 is 0 Å². The van der Waals surface area contributed by atoms with E-state index in [2.05, 4.69) is 50.2 Å². The minimum absolute atomic E-state index is 0.157. The van der Waals surface area contributed by atoms with Crippen LogP contribution in [0.25, 0.3) is 22.3 Å². The summed E-state index contributed by atoms with van der Waals surface area (Å²) in [6.45, 7) is 4.35. The van der Waals surface area contributed by atoms with Crippen molar-refractivity contribution in [2.24, 2.45) is 5.92 Å². The SMILES string of the molecule is CCCC1CCC(c2ccc(-c3ccc(-c4ccc(C)cc4)cc3F)cc2)CC1. The summed E-state index contributed by atoms with van der Waals surface area (Å²) in [6, 6.07) is 22.4. The van der Waals surface area contributed by atoms with Gasteiger partial charge in [-0.1, -0.05) is 86.0 Å². The Bertz CT molecular complexity index is 929. The molecule has 0 amide bonds. The van der Waals surface area contributed by atoms with Crippen LogP contribution in [-0.2, 0) is 0 Å². The second kappa shape index (κ2) is 8.95. The molecular formula is C28H31F. The maximum absolute atomic E-state index is 14.9. The van der Waals surface area contributed by atoms with Gasteiger partial charge in [-0.3, -0.25) is 0 Å². The molecular weight excluding hydrogens is 355 g/mol. The van der Waals surface area contributed by atoms with E-state index in [0.717, 1.165) is 22.6 Å². The van der Waals surface area contributed by atoms with Crippen molar-refractivity contribution in [2.45, 2.75) is 58.3 Å². The van der Waals surface area contributed by atoms with Gasteiger partial charge in [0.05, 0.1) is 0 Å². The Morgan fingerprint density at radius 3 is 2.00 bits per heavy atom. The number of halogens is 1. The number of rotatable bonds is 5. The van der Waals surface area contributed by atoms with Gasteiger partial charge in [0.2, 0.25) is 0 Å². The summed E-state index contributed by atoms with van der Waals surface area (Å²) in [5, 5.41) is 0. The minimum Gasteiger partial charge on any atom is -0.206 e. The molecule has 0 N–H and O–H groups in total. The Kier molecular flexibility index (Phi) is 6.13. The molecule has 0 unspecified atom stereocenters. The van der Waals surface area contributed by atoms with E-state index in [-0.39, 0.29) is 5.82 Å². The summed E-state index contributed by atoms with van der Waals surface area (Å²) in [4.78, 5) is 0. The van der Waals surface area contributed by atoms with Crippen LogP contribution in [0, 0.1) is 18.7 Å². The third kappa shape index (κ3) is 4.61. The topological polar surface area (TPSA) is 0 Å². The standard InChI is InChI=1S/C28H31F/c1-3-4-21-7-11-22(12-8-21)23-13-15-25(16-14-23)27-18-17-26(19-28(27)29)24-9-5-20(2)6-10-24/h5-6,9-10,13-19,21-22H,3-4,7-8,11-12H2,1-2H3. The normalized spacial score (nSPS) is 19.3. The van der Waals surface area contributed by atoms with E-state index in [1.165, 1.54) is 49.7 Å². The monoisotopic (exact) mass is 386 g/mol. The lowest BCUT2D eigenvalue weighted by molar-refractivity contribution is 0.308. The van der Waals surface area contributed by atoms with Gasteiger partial charge in [-0.2, -0.15) is 0 Å². The lowest BCUT2D eigenvalue weighted by Crippen LogP contribution is -2.13. The summed E-state index contributed by atoms with van der Waals surface area (Å²) in [5.74, 6) is 1.44. The van der Waals surface area contributed by atoms with Crippen LogP contribution in [0.3, 0.4) is 0 Å². The zero-order valence-corrected chi connectivity index (χ0v) is 17.6. The number of hydrogen-bond donors (Lipinski definition) is 0. The van der Waals surface area contributed by atoms with Crippen molar-refractivity contribution in [3.8, 4) is 22.3 Å².